The Kier molecular flexibility index (Phi) is 9.89. The lowest BCUT2D eigenvalue weighted by Crippen LogP contribution is -2.39. The maximum absolute atomic E-state index is 14.8. The van der Waals surface area contributed by atoms with Gasteiger partial charge in [-0.25, -0.2) is 8.78 Å². The van der Waals surface area contributed by atoms with Crippen molar-refractivity contribution in [1.29, 1.82) is 0 Å². The lowest BCUT2D eigenvalue weighted by Gasteiger charge is -2.37. The molecule has 1 aliphatic rings. The van der Waals surface area contributed by atoms with Crippen molar-refractivity contribution >= 4 is 28.0 Å². The van der Waals surface area contributed by atoms with Crippen LogP contribution in [0.4, 0.5) is 33.3 Å². The molecule has 4 rings (SSSR count). The van der Waals surface area contributed by atoms with Gasteiger partial charge in [-0.15, -0.1) is 0 Å². The molecule has 0 aliphatic carbocycles. The van der Waals surface area contributed by atoms with Crippen molar-refractivity contribution in [3.63, 3.8) is 0 Å². The van der Waals surface area contributed by atoms with E-state index in [2.05, 4.69) is 28.7 Å². The summed E-state index contributed by atoms with van der Waals surface area (Å²) in [7, 11) is 0. The van der Waals surface area contributed by atoms with E-state index in [4.69, 9.17) is 10.5 Å². The van der Waals surface area contributed by atoms with Crippen molar-refractivity contribution in [3.8, 4) is 11.5 Å². The summed E-state index contributed by atoms with van der Waals surface area (Å²) in [6.07, 6.45) is -0.426. The molecule has 0 spiro atoms. The molecule has 1 saturated heterocycles. The molecule has 1 fully saturated rings. The number of alkyl halides is 3. The zero-order valence-corrected chi connectivity index (χ0v) is 23.7. The van der Waals surface area contributed by atoms with Crippen molar-refractivity contribution in [2.75, 3.05) is 29.9 Å². The van der Waals surface area contributed by atoms with Gasteiger partial charge in [0.1, 0.15) is 11.3 Å². The van der Waals surface area contributed by atoms with E-state index in [0.29, 0.717) is 35.7 Å². The number of para-hydroxylation sites is 1. The van der Waals surface area contributed by atoms with Crippen LogP contribution < -0.4 is 20.7 Å². The third-order valence-electron chi connectivity index (χ3n) is 6.77. The van der Waals surface area contributed by atoms with Gasteiger partial charge >= 0.3 is 6.18 Å². The van der Waals surface area contributed by atoms with Crippen LogP contribution in [0.5, 0.6) is 11.5 Å². The molecule has 0 saturated carbocycles. The summed E-state index contributed by atoms with van der Waals surface area (Å²) in [5.74, 6) is -3.92. The predicted octanol–water partition coefficient (Wildman–Crippen LogP) is 7.97. The number of nitrogens with zero attached hydrogens (tertiary/aromatic N) is 3. The van der Waals surface area contributed by atoms with E-state index in [1.807, 2.05) is 0 Å². The quantitative estimate of drug-likeness (QED) is 0.180. The van der Waals surface area contributed by atoms with Crippen molar-refractivity contribution in [1.82, 2.24) is 10.2 Å². The molecule has 1 aromatic heterocycles. The molecule has 1 aliphatic heterocycles. The number of ether oxygens (including phenoxy) is 1. The fourth-order valence-electron chi connectivity index (χ4n) is 4.53. The topological polar surface area (TPSA) is 76.3 Å². The summed E-state index contributed by atoms with van der Waals surface area (Å²) in [4.78, 5) is 2.29. The molecule has 0 amide bonds. The molecule has 0 radical (unpaired) electrons. The first-order chi connectivity index (χ1) is 20.0. The number of allylic oxidation sites excluding steroid dienone is 1. The van der Waals surface area contributed by atoms with E-state index in [-0.39, 0.29) is 23.8 Å². The highest BCUT2D eigenvalue weighted by molar-refractivity contribution is 8.10. The second kappa shape index (κ2) is 13.4. The van der Waals surface area contributed by atoms with Crippen LogP contribution in [-0.4, -0.2) is 29.8 Å². The first-order valence-corrected chi connectivity index (χ1v) is 13.9. The smallest absolute Gasteiger partial charge is 0.422 e. The number of hydrogen-bond donors (Lipinski definition) is 2. The number of nitrogens with two attached hydrogens (primary N) is 1. The van der Waals surface area contributed by atoms with Crippen LogP contribution in [0.3, 0.4) is 0 Å². The molecular formula is C30H30F5N5OS. The van der Waals surface area contributed by atoms with Gasteiger partial charge in [0.25, 0.3) is 0 Å². The third kappa shape index (κ3) is 7.29. The number of benzene rings is 2. The zero-order valence-electron chi connectivity index (χ0n) is 22.8. The molecule has 0 unspecified atom stereocenters. The number of piperidine rings is 1. The number of rotatable bonds is 10. The summed E-state index contributed by atoms with van der Waals surface area (Å²) in [6.45, 7) is 10.7. The summed E-state index contributed by atoms with van der Waals surface area (Å²) >= 11 is 1.31. The van der Waals surface area contributed by atoms with E-state index < -0.39 is 34.9 Å². The molecule has 42 heavy (non-hydrogen) atoms. The lowest BCUT2D eigenvalue weighted by molar-refractivity contribution is -0.138. The van der Waals surface area contributed by atoms with Crippen LogP contribution in [0.15, 0.2) is 78.6 Å². The van der Waals surface area contributed by atoms with Gasteiger partial charge in [-0.3, -0.25) is 0 Å². The molecule has 12 heteroatoms. The van der Waals surface area contributed by atoms with Gasteiger partial charge in [0, 0.05) is 29.3 Å². The Labute approximate surface area is 245 Å². The van der Waals surface area contributed by atoms with Crippen molar-refractivity contribution < 1.29 is 26.7 Å². The minimum absolute atomic E-state index is 0.0313. The summed E-state index contributed by atoms with van der Waals surface area (Å²) in [5, 5.41) is 12.4. The minimum Gasteiger partial charge on any atom is -0.450 e. The number of halogens is 5. The first kappa shape index (κ1) is 31.0. The highest BCUT2D eigenvalue weighted by Crippen LogP contribution is 2.49. The molecule has 1 atom stereocenters. The van der Waals surface area contributed by atoms with E-state index in [1.165, 1.54) is 17.8 Å². The Balaban J connectivity index is 1.73. The molecule has 2 heterocycles. The zero-order chi connectivity index (χ0) is 30.4. The molecule has 0 bridgehead atoms. The van der Waals surface area contributed by atoms with Gasteiger partial charge in [-0.2, -0.15) is 23.4 Å². The molecule has 3 aromatic rings. The van der Waals surface area contributed by atoms with E-state index in [1.54, 1.807) is 35.7 Å². The molecule has 3 N–H and O–H groups in total. The van der Waals surface area contributed by atoms with Crippen LogP contribution in [0.2, 0.25) is 0 Å². The van der Waals surface area contributed by atoms with Crippen LogP contribution in [0, 0.1) is 17.6 Å². The molecule has 222 valence electrons. The van der Waals surface area contributed by atoms with Crippen LogP contribution >= 0.6 is 11.8 Å². The minimum atomic E-state index is -4.93. The molecule has 6 nitrogen and oxygen atoms in total. The first-order valence-electron chi connectivity index (χ1n) is 13.1. The Hall–Kier alpha value is -3.90. The predicted molar refractivity (Wildman–Crippen MR) is 157 cm³/mol. The lowest BCUT2D eigenvalue weighted by atomic mass is 9.96. The Morgan fingerprint density at radius 2 is 1.90 bits per heavy atom. The maximum atomic E-state index is 14.8. The number of nitrogens with one attached hydrogen (secondary N) is 1. The van der Waals surface area contributed by atoms with Crippen LogP contribution in [-0.2, 0) is 6.18 Å². The number of hydrogen-bond acceptors (Lipinski definition) is 7. The third-order valence-corrected chi connectivity index (χ3v) is 7.76. The largest absolute Gasteiger partial charge is 0.450 e. The van der Waals surface area contributed by atoms with Crippen molar-refractivity contribution in [2.45, 2.75) is 25.9 Å². The summed E-state index contributed by atoms with van der Waals surface area (Å²) < 4.78 is 78.4. The maximum Gasteiger partial charge on any atom is 0.422 e. The van der Waals surface area contributed by atoms with Gasteiger partial charge in [-0.05, 0) is 73.5 Å². The second-order valence-electron chi connectivity index (χ2n) is 9.75. The summed E-state index contributed by atoms with van der Waals surface area (Å²) in [5.41, 5.74) is 6.40. The fourth-order valence-corrected chi connectivity index (χ4v) is 5.25. The standard InChI is InChI=1S/C30H30F5N5OS/c1-18(17-42-20(3)22-11-12-37-38-15-22)19(2)39-25-9-10-26(41-29-23(31)7-4-8-24(29)32)27(30(33,34)35)28(25)40-13-5-6-21(14-36)16-40/h4,7-12,15,17,21,39H,2-3,5-6,13-14,16,36H2,1H3/b18-17+/t21-/m0/s1. The highest BCUT2D eigenvalue weighted by Gasteiger charge is 2.41. The Morgan fingerprint density at radius 1 is 1.17 bits per heavy atom. The Bertz CT molecular complexity index is 1460. The van der Waals surface area contributed by atoms with E-state index in [9.17, 15) is 22.0 Å². The average molecular weight is 604 g/mol. The van der Waals surface area contributed by atoms with Crippen LogP contribution in [0.25, 0.3) is 4.91 Å². The number of thioether (sulfide) groups is 1. The van der Waals surface area contributed by atoms with Crippen molar-refractivity contribution in [2.24, 2.45) is 11.7 Å². The highest BCUT2D eigenvalue weighted by atomic mass is 32.2. The van der Waals surface area contributed by atoms with Gasteiger partial charge in [0.05, 0.1) is 23.8 Å². The summed E-state index contributed by atoms with van der Waals surface area (Å²) in [6, 6.07) is 7.12. The average Bonchev–Trinajstić information content (AvgIpc) is 2.97. The normalized spacial score (nSPS) is 15.8. The van der Waals surface area contributed by atoms with E-state index >= 15 is 0 Å². The van der Waals surface area contributed by atoms with E-state index in [0.717, 1.165) is 36.2 Å². The number of aromatic nitrogens is 2. The molecular weight excluding hydrogens is 573 g/mol. The monoisotopic (exact) mass is 603 g/mol. The van der Waals surface area contributed by atoms with Crippen molar-refractivity contribution in [3.05, 3.63) is 101 Å². The van der Waals surface area contributed by atoms with Crippen LogP contribution in [0.1, 0.15) is 30.9 Å². The second-order valence-corrected chi connectivity index (χ2v) is 10.7. The van der Waals surface area contributed by atoms with Gasteiger partial charge < -0.3 is 20.7 Å². The van der Waals surface area contributed by atoms with Gasteiger partial charge in [0.15, 0.2) is 17.4 Å². The Morgan fingerprint density at radius 3 is 2.55 bits per heavy atom. The fraction of sp³-hybridized carbons (Fsp3) is 0.267. The SMILES string of the molecule is C=C(Nc1ccc(Oc2c(F)cccc2F)c(C(F)(F)F)c1N1CCC[C@@H](CN)C1)/C(C)=C/SC(=C)c1ccnnc1. The molecule has 2 aromatic carbocycles. The van der Waals surface area contributed by atoms with Gasteiger partial charge in [0.2, 0.25) is 0 Å². The number of anilines is 2. The van der Waals surface area contributed by atoms with Gasteiger partial charge in [-0.1, -0.05) is 31.0 Å².